The molecule has 140 valence electrons. The summed E-state index contributed by atoms with van der Waals surface area (Å²) in [6, 6.07) is 8.96. The molecule has 1 aromatic carbocycles. The molecule has 25 heavy (non-hydrogen) atoms. The third-order valence-corrected chi connectivity index (χ3v) is 3.68. The zero-order valence-electron chi connectivity index (χ0n) is 14.2. The average molecular weight is 372 g/mol. The van der Waals surface area contributed by atoms with E-state index in [4.69, 9.17) is 14.2 Å². The summed E-state index contributed by atoms with van der Waals surface area (Å²) < 4.78 is 25.8. The second kappa shape index (κ2) is 13.3. The van der Waals surface area contributed by atoms with Crippen LogP contribution in [0, 0.1) is 0 Å². The topological polar surface area (TPSA) is 109 Å². The highest BCUT2D eigenvalue weighted by Crippen LogP contribution is 2.04. The number of anilines is 1. The van der Waals surface area contributed by atoms with Crippen LogP contribution in [-0.2, 0) is 25.4 Å². The number of hydrogen-bond acceptors (Lipinski definition) is 6. The molecule has 0 saturated carbocycles. The number of rotatable bonds is 11. The van der Waals surface area contributed by atoms with Crippen molar-refractivity contribution < 1.29 is 28.4 Å². The largest absolute Gasteiger partial charge is 0.617 e. The lowest BCUT2D eigenvalue weighted by molar-refractivity contribution is 0.0484. The molecule has 0 fully saturated rings. The summed E-state index contributed by atoms with van der Waals surface area (Å²) in [7, 11) is 0. The van der Waals surface area contributed by atoms with Gasteiger partial charge in [0.2, 0.25) is 0 Å². The smallest absolute Gasteiger partial charge is 0.411 e. The molecule has 0 aliphatic heterocycles. The van der Waals surface area contributed by atoms with E-state index in [9.17, 15) is 14.1 Å². The van der Waals surface area contributed by atoms with Crippen LogP contribution in [0.4, 0.5) is 15.3 Å². The summed E-state index contributed by atoms with van der Waals surface area (Å²) in [5.74, 6) is 0.543. The molecule has 2 N–H and O–H groups in total. The molecule has 1 atom stereocenters. The molecule has 0 aliphatic carbocycles. The molecule has 9 heteroatoms. The fraction of sp³-hybridized carbons (Fsp3) is 0.500. The molecule has 2 amide bonds. The van der Waals surface area contributed by atoms with Crippen LogP contribution in [-0.4, -0.2) is 61.7 Å². The van der Waals surface area contributed by atoms with Gasteiger partial charge in [0, 0.05) is 18.7 Å². The van der Waals surface area contributed by atoms with Crippen LogP contribution >= 0.6 is 0 Å². The van der Waals surface area contributed by atoms with Crippen LogP contribution in [0.5, 0.6) is 0 Å². The molecule has 0 bridgehead atoms. The summed E-state index contributed by atoms with van der Waals surface area (Å²) in [5, 5.41) is 5.13. The van der Waals surface area contributed by atoms with Gasteiger partial charge in [-0.2, -0.15) is 0 Å². The van der Waals surface area contributed by atoms with Crippen molar-refractivity contribution in [3.05, 3.63) is 30.3 Å². The SMILES string of the molecule is C[S+]([O-])CCCNC(=O)OCCOCCOC(=O)Nc1ccccc1. The zero-order valence-corrected chi connectivity index (χ0v) is 15.0. The molecule has 1 aromatic rings. The van der Waals surface area contributed by atoms with Gasteiger partial charge in [0.05, 0.1) is 19.5 Å². The number of benzene rings is 1. The van der Waals surface area contributed by atoms with Gasteiger partial charge in [-0.15, -0.1) is 0 Å². The van der Waals surface area contributed by atoms with Crippen LogP contribution in [0.1, 0.15) is 6.42 Å². The molecular weight excluding hydrogens is 348 g/mol. The summed E-state index contributed by atoms with van der Waals surface area (Å²) in [6.07, 6.45) is 1.16. The van der Waals surface area contributed by atoms with Gasteiger partial charge in [-0.1, -0.05) is 29.4 Å². The Labute approximate surface area is 150 Å². The Hall–Kier alpha value is -1.97. The lowest BCUT2D eigenvalue weighted by Crippen LogP contribution is -2.27. The molecule has 1 rings (SSSR count). The molecule has 0 aromatic heterocycles. The van der Waals surface area contributed by atoms with Crippen LogP contribution in [0.2, 0.25) is 0 Å². The van der Waals surface area contributed by atoms with Gasteiger partial charge >= 0.3 is 12.2 Å². The zero-order chi connectivity index (χ0) is 18.3. The van der Waals surface area contributed by atoms with Crippen LogP contribution in [0.3, 0.4) is 0 Å². The van der Waals surface area contributed by atoms with Gasteiger partial charge in [0.1, 0.15) is 19.0 Å². The van der Waals surface area contributed by atoms with E-state index in [1.807, 2.05) is 6.07 Å². The van der Waals surface area contributed by atoms with E-state index in [1.165, 1.54) is 0 Å². The molecule has 0 spiro atoms. The van der Waals surface area contributed by atoms with Crippen molar-refractivity contribution in [3.63, 3.8) is 0 Å². The number of hydrogen-bond donors (Lipinski definition) is 2. The Kier molecular flexibility index (Phi) is 11.2. The maximum Gasteiger partial charge on any atom is 0.411 e. The van der Waals surface area contributed by atoms with Gasteiger partial charge < -0.3 is 24.1 Å². The fourth-order valence-electron chi connectivity index (χ4n) is 1.68. The standard InChI is InChI=1S/C16H24N2O6S/c1-25(21)13-5-8-17-15(19)23-11-9-22-10-12-24-16(20)18-14-6-3-2-4-7-14/h2-4,6-7H,5,8-13H2,1H3,(H,17,19)(H,18,20). The summed E-state index contributed by atoms with van der Waals surface area (Å²) in [4.78, 5) is 22.8. The first-order valence-corrected chi connectivity index (χ1v) is 9.58. The molecule has 8 nitrogen and oxygen atoms in total. The lowest BCUT2D eigenvalue weighted by Gasteiger charge is -2.09. The third kappa shape index (κ3) is 12.1. The van der Waals surface area contributed by atoms with Crippen molar-refractivity contribution in [2.24, 2.45) is 0 Å². The van der Waals surface area contributed by atoms with E-state index in [1.54, 1.807) is 30.5 Å². The minimum absolute atomic E-state index is 0.0963. The van der Waals surface area contributed by atoms with Gasteiger partial charge in [0.15, 0.2) is 0 Å². The summed E-state index contributed by atoms with van der Waals surface area (Å²) in [5.41, 5.74) is 0.651. The van der Waals surface area contributed by atoms with Gasteiger partial charge in [0.25, 0.3) is 0 Å². The number of ether oxygens (including phenoxy) is 3. The molecule has 0 saturated heterocycles. The van der Waals surface area contributed by atoms with Crippen molar-refractivity contribution in [1.82, 2.24) is 5.32 Å². The first-order chi connectivity index (χ1) is 12.1. The third-order valence-electron chi connectivity index (χ3n) is 2.82. The predicted octanol–water partition coefficient (Wildman–Crippen LogP) is 1.75. The van der Waals surface area contributed by atoms with Crippen molar-refractivity contribution in [2.75, 3.05) is 50.3 Å². The van der Waals surface area contributed by atoms with Crippen molar-refractivity contribution in [1.29, 1.82) is 0 Å². The maximum absolute atomic E-state index is 11.5. The highest BCUT2D eigenvalue weighted by atomic mass is 32.2. The summed E-state index contributed by atoms with van der Waals surface area (Å²) >= 11 is -0.858. The molecule has 1 unspecified atom stereocenters. The number of carbonyl (C=O) groups is 2. The quantitative estimate of drug-likeness (QED) is 0.452. The summed E-state index contributed by atoms with van der Waals surface area (Å²) in [6.45, 7) is 1.02. The van der Waals surface area contributed by atoms with E-state index in [2.05, 4.69) is 10.6 Å². The normalized spacial score (nSPS) is 11.4. The van der Waals surface area contributed by atoms with Crippen LogP contribution in [0.25, 0.3) is 0 Å². The number of amides is 2. The second-order valence-electron chi connectivity index (χ2n) is 4.93. The van der Waals surface area contributed by atoms with E-state index in [-0.39, 0.29) is 26.4 Å². The van der Waals surface area contributed by atoms with Crippen molar-refractivity contribution in [3.8, 4) is 0 Å². The van der Waals surface area contributed by atoms with E-state index >= 15 is 0 Å². The number of nitrogens with one attached hydrogen (secondary N) is 2. The molecular formula is C16H24N2O6S. The monoisotopic (exact) mass is 372 g/mol. The lowest BCUT2D eigenvalue weighted by atomic mass is 10.3. The van der Waals surface area contributed by atoms with E-state index in [0.29, 0.717) is 24.4 Å². The highest BCUT2D eigenvalue weighted by molar-refractivity contribution is 7.90. The fourth-order valence-corrected chi connectivity index (χ4v) is 2.23. The number of para-hydroxylation sites is 1. The van der Waals surface area contributed by atoms with Crippen molar-refractivity contribution in [2.45, 2.75) is 6.42 Å². The number of carbonyl (C=O) groups excluding carboxylic acids is 2. The average Bonchev–Trinajstić information content (AvgIpc) is 2.58. The van der Waals surface area contributed by atoms with Crippen molar-refractivity contribution >= 4 is 29.0 Å². The highest BCUT2D eigenvalue weighted by Gasteiger charge is 2.04. The molecule has 0 heterocycles. The van der Waals surface area contributed by atoms with Gasteiger partial charge in [-0.25, -0.2) is 9.59 Å². The Bertz CT molecular complexity index is 501. The Balaban J connectivity index is 1.91. The van der Waals surface area contributed by atoms with Crippen LogP contribution in [0.15, 0.2) is 30.3 Å². The van der Waals surface area contributed by atoms with Gasteiger partial charge in [-0.3, -0.25) is 5.32 Å². The molecule has 0 radical (unpaired) electrons. The Morgan fingerprint density at radius 2 is 1.68 bits per heavy atom. The maximum atomic E-state index is 11.5. The minimum atomic E-state index is -0.858. The Morgan fingerprint density at radius 1 is 1.04 bits per heavy atom. The van der Waals surface area contributed by atoms with Gasteiger partial charge in [-0.05, 0) is 12.1 Å². The first kappa shape index (κ1) is 21.1. The second-order valence-corrected chi connectivity index (χ2v) is 6.49. The predicted molar refractivity (Wildman–Crippen MR) is 95.1 cm³/mol. The first-order valence-electron chi connectivity index (χ1n) is 7.85. The minimum Gasteiger partial charge on any atom is -0.617 e. The number of alkyl carbamates (subject to hydrolysis) is 1. The van der Waals surface area contributed by atoms with Crippen LogP contribution < -0.4 is 10.6 Å². The van der Waals surface area contributed by atoms with E-state index in [0.717, 1.165) is 0 Å². The van der Waals surface area contributed by atoms with E-state index < -0.39 is 23.4 Å². The molecule has 0 aliphatic rings. The Morgan fingerprint density at radius 3 is 2.32 bits per heavy atom.